The first-order chi connectivity index (χ1) is 12.5. The Morgan fingerprint density at radius 2 is 2.15 bits per heavy atom. The van der Waals surface area contributed by atoms with Crippen molar-refractivity contribution < 1.29 is 13.5 Å². The predicted molar refractivity (Wildman–Crippen MR) is 111 cm³/mol. The quantitative estimate of drug-likeness (QED) is 0.389. The molecule has 2 aromatic heterocycles. The number of H-pyrrole nitrogens is 1. The van der Waals surface area contributed by atoms with E-state index in [2.05, 4.69) is 4.98 Å². The molecule has 1 atom stereocenters. The number of aromatic amines is 1. The number of hydrogen-bond acceptors (Lipinski definition) is 2. The second-order valence-corrected chi connectivity index (χ2v) is 7.62. The van der Waals surface area contributed by atoms with Crippen molar-refractivity contribution in [3.63, 3.8) is 0 Å². The molecule has 3 aromatic rings. The van der Waals surface area contributed by atoms with Crippen LogP contribution in [0.25, 0.3) is 21.9 Å². The fourth-order valence-electron chi connectivity index (χ4n) is 3.29. The molecule has 0 saturated carbocycles. The van der Waals surface area contributed by atoms with E-state index in [0.29, 0.717) is 23.9 Å². The van der Waals surface area contributed by atoms with Gasteiger partial charge in [0, 0.05) is 0 Å². The van der Waals surface area contributed by atoms with Gasteiger partial charge >= 0.3 is 166 Å². The normalized spacial score (nSPS) is 13.1. The van der Waals surface area contributed by atoms with Crippen LogP contribution in [-0.2, 0) is 8.67 Å². The standard InChI is InChI=1S/C19H20BF2IN2O/c1-26-8-6-14(10-24)12-3-2-4-13(9-12)15-5-7-20-18-17(15)16(11-25-18)19(21,22)23/h2-5,7,9,11,14,25H,6,8,10,24H2,1H3. The summed E-state index contributed by atoms with van der Waals surface area (Å²) in [5, 5.41) is 0.560. The predicted octanol–water partition coefficient (Wildman–Crippen LogP) is 4.74. The third-order valence-electron chi connectivity index (χ3n) is 4.64. The Kier molecular flexibility index (Phi) is 6.09. The molecule has 1 unspecified atom stereocenters. The second-order valence-electron chi connectivity index (χ2n) is 6.27. The molecule has 0 spiro atoms. The van der Waals surface area contributed by atoms with E-state index in [9.17, 15) is 8.78 Å². The van der Waals surface area contributed by atoms with Gasteiger partial charge in [-0.25, -0.2) is 0 Å². The number of halogens is 3. The Morgan fingerprint density at radius 3 is 2.85 bits per heavy atom. The van der Waals surface area contributed by atoms with Crippen LogP contribution in [0.1, 0.15) is 23.5 Å². The zero-order valence-corrected chi connectivity index (χ0v) is 16.6. The minimum atomic E-state index is -2.94. The van der Waals surface area contributed by atoms with Crippen molar-refractivity contribution in [1.82, 2.24) is 4.98 Å². The molecular weight excluding hydrogens is 448 g/mol. The van der Waals surface area contributed by atoms with Crippen LogP contribution in [0.3, 0.4) is 0 Å². The zero-order valence-electron chi connectivity index (χ0n) is 14.4. The molecule has 0 amide bonds. The topological polar surface area (TPSA) is 51.0 Å². The molecule has 3 rings (SSSR count). The monoisotopic (exact) mass is 468 g/mol. The van der Waals surface area contributed by atoms with Crippen molar-refractivity contribution in [1.29, 1.82) is 0 Å². The third kappa shape index (κ3) is 3.99. The molecule has 0 radical (unpaired) electrons. The molecule has 26 heavy (non-hydrogen) atoms. The van der Waals surface area contributed by atoms with Crippen molar-refractivity contribution in [2.75, 3.05) is 20.3 Å². The molecule has 7 heteroatoms. The number of fused-ring (bicyclic) bond motifs is 1. The number of hydrogen-bond donors (Lipinski definition) is 2. The average molecular weight is 468 g/mol. The molecule has 0 fully saturated rings. The molecule has 1 aromatic carbocycles. The molecule has 2 heterocycles. The van der Waals surface area contributed by atoms with Gasteiger partial charge in [-0.1, -0.05) is 0 Å². The summed E-state index contributed by atoms with van der Waals surface area (Å²) in [5.41, 5.74) is 9.43. The van der Waals surface area contributed by atoms with E-state index >= 15 is 0 Å². The molecule has 3 nitrogen and oxygen atoms in total. The Morgan fingerprint density at radius 1 is 1.35 bits per heavy atom. The molecule has 0 aliphatic rings. The number of ether oxygens (including phenoxy) is 1. The van der Waals surface area contributed by atoms with E-state index < -0.39 is 3.93 Å². The second kappa shape index (κ2) is 8.14. The van der Waals surface area contributed by atoms with Gasteiger partial charge in [-0.3, -0.25) is 0 Å². The van der Waals surface area contributed by atoms with E-state index in [-0.39, 0.29) is 11.5 Å². The number of nitrogens with one attached hydrogen (secondary N) is 1. The van der Waals surface area contributed by atoms with Crippen molar-refractivity contribution >= 4 is 40.3 Å². The van der Waals surface area contributed by atoms with Gasteiger partial charge in [-0.05, 0) is 0 Å². The molecule has 136 valence electrons. The van der Waals surface area contributed by atoms with Crippen molar-refractivity contribution in [2.45, 2.75) is 16.3 Å². The summed E-state index contributed by atoms with van der Waals surface area (Å²) in [6.07, 6.45) is 2.22. The number of nitrogens with two attached hydrogens (primary N) is 1. The number of rotatable bonds is 7. The Labute approximate surface area is 165 Å². The van der Waals surface area contributed by atoms with Gasteiger partial charge < -0.3 is 0 Å². The summed E-state index contributed by atoms with van der Waals surface area (Å²) >= 11 is 1.18. The molecular formula is C19H20BF2IN2O. The Hall–Kier alpha value is -1.32. The van der Waals surface area contributed by atoms with Crippen LogP contribution in [0.15, 0.2) is 42.5 Å². The first kappa shape index (κ1) is 19.4. The summed E-state index contributed by atoms with van der Waals surface area (Å²) in [6.45, 7) is 2.96. The van der Waals surface area contributed by atoms with Crippen LogP contribution in [-0.4, -0.2) is 32.2 Å². The average Bonchev–Trinajstić information content (AvgIpc) is 3.07. The van der Waals surface area contributed by atoms with Gasteiger partial charge in [0.1, 0.15) is 0 Å². The van der Waals surface area contributed by atoms with Crippen LogP contribution in [0.2, 0.25) is 0 Å². The number of methoxy groups -OCH3 is 1. The molecule has 0 saturated heterocycles. The third-order valence-corrected chi connectivity index (χ3v) is 5.22. The SMILES string of the molecule is COCCC(CN)c1cccc(-c2ccbc3[nH]cc(C(F)(F)I)c23)c1. The van der Waals surface area contributed by atoms with E-state index in [1.54, 1.807) is 7.11 Å². The van der Waals surface area contributed by atoms with Gasteiger partial charge in [0.2, 0.25) is 0 Å². The van der Waals surface area contributed by atoms with Gasteiger partial charge in [0.05, 0.1) is 0 Å². The Balaban J connectivity index is 2.10. The van der Waals surface area contributed by atoms with Crippen molar-refractivity contribution in [2.24, 2.45) is 5.73 Å². The fourth-order valence-corrected chi connectivity index (χ4v) is 3.72. The maximum absolute atomic E-state index is 14.1. The van der Waals surface area contributed by atoms with Crippen LogP contribution < -0.4 is 5.73 Å². The van der Waals surface area contributed by atoms with Gasteiger partial charge in [-0.15, -0.1) is 0 Å². The minimum absolute atomic E-state index is 0.00357. The van der Waals surface area contributed by atoms with Crippen LogP contribution >= 0.6 is 22.6 Å². The van der Waals surface area contributed by atoms with Crippen molar-refractivity contribution in [3.8, 4) is 11.1 Å². The Bertz CT molecular complexity index is 895. The molecule has 0 aliphatic heterocycles. The molecule has 3 N–H and O–H groups in total. The van der Waals surface area contributed by atoms with Crippen molar-refractivity contribution in [3.05, 3.63) is 53.6 Å². The zero-order chi connectivity index (χ0) is 18.7. The number of benzene rings is 1. The first-order valence-corrected chi connectivity index (χ1v) is 9.50. The van der Waals surface area contributed by atoms with Gasteiger partial charge in [0.25, 0.3) is 0 Å². The summed E-state index contributed by atoms with van der Waals surface area (Å²) in [4.78, 5) is 2.96. The summed E-state index contributed by atoms with van der Waals surface area (Å²) in [6, 6.07) is 9.86. The van der Waals surface area contributed by atoms with Crippen LogP contribution in [0.5, 0.6) is 0 Å². The van der Waals surface area contributed by atoms with Crippen LogP contribution in [0, 0.1) is 0 Å². The van der Waals surface area contributed by atoms with E-state index in [0.717, 1.165) is 23.1 Å². The van der Waals surface area contributed by atoms with E-state index in [1.165, 1.54) is 28.8 Å². The molecule has 0 bridgehead atoms. The maximum atomic E-state index is 14.1. The number of aromatic nitrogens is 1. The van der Waals surface area contributed by atoms with E-state index in [4.69, 9.17) is 10.5 Å². The fraction of sp³-hybridized carbons (Fsp3) is 0.316. The summed E-state index contributed by atoms with van der Waals surface area (Å²) in [7, 11) is 1.67. The number of alkyl halides is 3. The van der Waals surface area contributed by atoms with Gasteiger partial charge in [0.15, 0.2) is 0 Å². The summed E-state index contributed by atoms with van der Waals surface area (Å²) < 4.78 is 30.3. The summed E-state index contributed by atoms with van der Waals surface area (Å²) in [5.74, 6) is 2.05. The first-order valence-electron chi connectivity index (χ1n) is 8.42. The van der Waals surface area contributed by atoms with Gasteiger partial charge in [-0.2, -0.15) is 0 Å². The van der Waals surface area contributed by atoms with Crippen LogP contribution in [0.4, 0.5) is 8.78 Å². The molecule has 0 aliphatic carbocycles. The van der Waals surface area contributed by atoms with E-state index in [1.807, 2.05) is 43.2 Å².